The van der Waals surface area contributed by atoms with E-state index in [4.69, 9.17) is 0 Å². The number of nitrogens with one attached hydrogen (secondary N) is 1. The topological polar surface area (TPSA) is 58.1 Å². The SMILES string of the molecule is CC(C)N(Cc1ccccc1)c1ccc(C(=O)NCc2ccccc2)nn1. The van der Waals surface area contributed by atoms with E-state index < -0.39 is 0 Å². The Morgan fingerprint density at radius 1 is 0.889 bits per heavy atom. The van der Waals surface area contributed by atoms with Gasteiger partial charge < -0.3 is 10.2 Å². The molecule has 1 aromatic heterocycles. The number of carbonyl (C=O) groups is 1. The number of hydrogen-bond acceptors (Lipinski definition) is 4. The molecule has 0 saturated carbocycles. The van der Waals surface area contributed by atoms with Crippen LogP contribution in [0.4, 0.5) is 5.82 Å². The Balaban J connectivity index is 1.66. The van der Waals surface area contributed by atoms with Crippen LogP contribution in [0.2, 0.25) is 0 Å². The zero-order valence-corrected chi connectivity index (χ0v) is 15.7. The number of nitrogens with zero attached hydrogens (tertiary/aromatic N) is 3. The number of hydrogen-bond donors (Lipinski definition) is 1. The van der Waals surface area contributed by atoms with Gasteiger partial charge in [0.15, 0.2) is 11.5 Å². The Morgan fingerprint density at radius 2 is 1.52 bits per heavy atom. The first-order valence-electron chi connectivity index (χ1n) is 9.10. The van der Waals surface area contributed by atoms with E-state index in [0.717, 1.165) is 17.9 Å². The zero-order chi connectivity index (χ0) is 19.1. The summed E-state index contributed by atoms with van der Waals surface area (Å²) in [6.45, 7) is 5.44. The molecule has 3 rings (SSSR count). The number of carbonyl (C=O) groups excluding carboxylic acids is 1. The summed E-state index contributed by atoms with van der Waals surface area (Å²) in [5.74, 6) is 0.533. The van der Waals surface area contributed by atoms with Crippen LogP contribution in [-0.2, 0) is 13.1 Å². The number of anilines is 1. The summed E-state index contributed by atoms with van der Waals surface area (Å²) in [5, 5.41) is 11.3. The smallest absolute Gasteiger partial charge is 0.272 e. The second kappa shape index (κ2) is 8.94. The average molecular weight is 360 g/mol. The number of benzene rings is 2. The molecule has 27 heavy (non-hydrogen) atoms. The van der Waals surface area contributed by atoms with Gasteiger partial charge in [-0.25, -0.2) is 0 Å². The molecule has 1 N–H and O–H groups in total. The highest BCUT2D eigenvalue weighted by Crippen LogP contribution is 2.17. The lowest BCUT2D eigenvalue weighted by Crippen LogP contribution is -2.31. The van der Waals surface area contributed by atoms with Crippen LogP contribution in [0.25, 0.3) is 0 Å². The quantitative estimate of drug-likeness (QED) is 0.696. The molecule has 0 bridgehead atoms. The van der Waals surface area contributed by atoms with E-state index in [1.807, 2.05) is 54.6 Å². The lowest BCUT2D eigenvalue weighted by molar-refractivity contribution is 0.0945. The van der Waals surface area contributed by atoms with Gasteiger partial charge in [-0.15, -0.1) is 10.2 Å². The van der Waals surface area contributed by atoms with Gasteiger partial charge in [0.25, 0.3) is 5.91 Å². The van der Waals surface area contributed by atoms with Crippen molar-refractivity contribution in [3.05, 3.63) is 89.6 Å². The molecule has 2 aromatic carbocycles. The number of rotatable bonds is 7. The molecule has 5 heteroatoms. The van der Waals surface area contributed by atoms with E-state index in [1.165, 1.54) is 5.56 Å². The highest BCUT2D eigenvalue weighted by atomic mass is 16.1. The summed E-state index contributed by atoms with van der Waals surface area (Å²) in [7, 11) is 0. The molecule has 0 radical (unpaired) electrons. The van der Waals surface area contributed by atoms with Crippen molar-refractivity contribution in [2.24, 2.45) is 0 Å². The third kappa shape index (κ3) is 5.14. The van der Waals surface area contributed by atoms with Crippen LogP contribution in [0.1, 0.15) is 35.5 Å². The van der Waals surface area contributed by atoms with E-state index in [2.05, 4.69) is 46.4 Å². The Hall–Kier alpha value is -3.21. The van der Waals surface area contributed by atoms with Crippen LogP contribution in [0.3, 0.4) is 0 Å². The molecule has 1 heterocycles. The van der Waals surface area contributed by atoms with E-state index in [9.17, 15) is 4.79 Å². The van der Waals surface area contributed by atoms with Crippen molar-refractivity contribution in [2.75, 3.05) is 4.90 Å². The Bertz CT molecular complexity index is 849. The van der Waals surface area contributed by atoms with Crippen LogP contribution < -0.4 is 10.2 Å². The second-order valence-electron chi connectivity index (χ2n) is 6.65. The van der Waals surface area contributed by atoms with Crippen molar-refractivity contribution in [3.8, 4) is 0 Å². The molecule has 0 aliphatic carbocycles. The zero-order valence-electron chi connectivity index (χ0n) is 15.7. The van der Waals surface area contributed by atoms with Gasteiger partial charge in [0.05, 0.1) is 0 Å². The molecule has 3 aromatic rings. The molecule has 0 spiro atoms. The van der Waals surface area contributed by atoms with Gasteiger partial charge in [-0.1, -0.05) is 60.7 Å². The summed E-state index contributed by atoms with van der Waals surface area (Å²) < 4.78 is 0. The average Bonchev–Trinajstić information content (AvgIpc) is 2.72. The van der Waals surface area contributed by atoms with Crippen LogP contribution in [0.15, 0.2) is 72.8 Å². The second-order valence-corrected chi connectivity index (χ2v) is 6.65. The highest BCUT2D eigenvalue weighted by Gasteiger charge is 2.15. The minimum atomic E-state index is -0.225. The van der Waals surface area contributed by atoms with E-state index in [0.29, 0.717) is 12.2 Å². The first kappa shape index (κ1) is 18.6. The van der Waals surface area contributed by atoms with Gasteiger partial charge in [-0.3, -0.25) is 4.79 Å². The van der Waals surface area contributed by atoms with Gasteiger partial charge >= 0.3 is 0 Å². The van der Waals surface area contributed by atoms with E-state index >= 15 is 0 Å². The summed E-state index contributed by atoms with van der Waals surface area (Å²) in [4.78, 5) is 14.5. The summed E-state index contributed by atoms with van der Waals surface area (Å²) in [5.41, 5.74) is 2.57. The monoisotopic (exact) mass is 360 g/mol. The lowest BCUT2D eigenvalue weighted by atomic mass is 10.2. The molecule has 0 fully saturated rings. The van der Waals surface area contributed by atoms with Gasteiger partial charge in [0, 0.05) is 19.1 Å². The van der Waals surface area contributed by atoms with Crippen molar-refractivity contribution in [1.82, 2.24) is 15.5 Å². The maximum Gasteiger partial charge on any atom is 0.272 e. The third-order valence-corrected chi connectivity index (χ3v) is 4.29. The third-order valence-electron chi connectivity index (χ3n) is 4.29. The summed E-state index contributed by atoms with van der Waals surface area (Å²) in [6, 6.07) is 23.9. The van der Waals surface area contributed by atoms with E-state index in [-0.39, 0.29) is 11.9 Å². The fraction of sp³-hybridized carbons (Fsp3) is 0.227. The first-order valence-corrected chi connectivity index (χ1v) is 9.10. The molecule has 5 nitrogen and oxygen atoms in total. The maximum atomic E-state index is 12.3. The van der Waals surface area contributed by atoms with Crippen molar-refractivity contribution in [3.63, 3.8) is 0 Å². The molecular weight excluding hydrogens is 336 g/mol. The van der Waals surface area contributed by atoms with Gasteiger partial charge in [0.2, 0.25) is 0 Å². The van der Waals surface area contributed by atoms with Gasteiger partial charge in [-0.05, 0) is 37.1 Å². The van der Waals surface area contributed by atoms with Crippen LogP contribution in [0.5, 0.6) is 0 Å². The van der Waals surface area contributed by atoms with Crippen LogP contribution in [-0.4, -0.2) is 22.1 Å². The fourth-order valence-corrected chi connectivity index (χ4v) is 2.78. The Kier molecular flexibility index (Phi) is 6.15. The molecule has 0 aliphatic rings. The molecule has 0 aliphatic heterocycles. The highest BCUT2D eigenvalue weighted by molar-refractivity contribution is 5.92. The number of amides is 1. The van der Waals surface area contributed by atoms with Gasteiger partial charge in [-0.2, -0.15) is 0 Å². The summed E-state index contributed by atoms with van der Waals surface area (Å²) in [6.07, 6.45) is 0. The minimum Gasteiger partial charge on any atom is -0.348 e. The molecule has 0 atom stereocenters. The van der Waals surface area contributed by atoms with Crippen molar-refractivity contribution < 1.29 is 4.79 Å². The van der Waals surface area contributed by atoms with Crippen molar-refractivity contribution in [2.45, 2.75) is 33.0 Å². The normalized spacial score (nSPS) is 10.6. The van der Waals surface area contributed by atoms with Crippen molar-refractivity contribution in [1.29, 1.82) is 0 Å². The summed E-state index contributed by atoms with van der Waals surface area (Å²) >= 11 is 0. The largest absolute Gasteiger partial charge is 0.348 e. The fourth-order valence-electron chi connectivity index (χ4n) is 2.78. The standard InChI is InChI=1S/C22H24N4O/c1-17(2)26(16-19-11-7-4-8-12-19)21-14-13-20(24-25-21)22(27)23-15-18-9-5-3-6-10-18/h3-14,17H,15-16H2,1-2H3,(H,23,27). The first-order chi connectivity index (χ1) is 13.1. The lowest BCUT2D eigenvalue weighted by Gasteiger charge is -2.27. The Morgan fingerprint density at radius 3 is 2.07 bits per heavy atom. The molecule has 0 unspecified atom stereocenters. The van der Waals surface area contributed by atoms with Crippen molar-refractivity contribution >= 4 is 11.7 Å². The van der Waals surface area contributed by atoms with Crippen LogP contribution >= 0.6 is 0 Å². The van der Waals surface area contributed by atoms with Crippen LogP contribution in [0, 0.1) is 0 Å². The maximum absolute atomic E-state index is 12.3. The molecular formula is C22H24N4O. The molecule has 138 valence electrons. The Labute approximate surface area is 160 Å². The molecule has 0 saturated heterocycles. The van der Waals surface area contributed by atoms with E-state index in [1.54, 1.807) is 6.07 Å². The molecule has 1 amide bonds. The number of aromatic nitrogens is 2. The predicted molar refractivity (Wildman–Crippen MR) is 107 cm³/mol. The predicted octanol–water partition coefficient (Wildman–Crippen LogP) is 3.82. The minimum absolute atomic E-state index is 0.225. The van der Waals surface area contributed by atoms with Gasteiger partial charge in [0.1, 0.15) is 0 Å².